The number of rotatable bonds is 12. The Morgan fingerprint density at radius 1 is 0.923 bits per heavy atom. The summed E-state index contributed by atoms with van der Waals surface area (Å²) in [5, 5.41) is 2.94. The van der Waals surface area contributed by atoms with Gasteiger partial charge in [-0.3, -0.25) is 13.9 Å². The first kappa shape index (κ1) is 29.7. The number of sulfonamides is 1. The highest BCUT2D eigenvalue weighted by Crippen LogP contribution is 2.26. The Morgan fingerprint density at radius 3 is 2.13 bits per heavy atom. The van der Waals surface area contributed by atoms with Crippen molar-refractivity contribution in [1.29, 1.82) is 0 Å². The number of anilines is 1. The van der Waals surface area contributed by atoms with Gasteiger partial charge in [-0.15, -0.1) is 0 Å². The minimum absolute atomic E-state index is 0.0213. The molecule has 0 fully saturated rings. The third-order valence-electron chi connectivity index (χ3n) is 6.74. The Balaban J connectivity index is 2.01. The van der Waals surface area contributed by atoms with Crippen molar-refractivity contribution in [2.24, 2.45) is 0 Å². The lowest BCUT2D eigenvalue weighted by molar-refractivity contribution is -0.139. The molecule has 8 nitrogen and oxygen atoms in total. The third-order valence-corrected chi connectivity index (χ3v) is 8.53. The number of benzene rings is 3. The zero-order valence-corrected chi connectivity index (χ0v) is 23.9. The highest BCUT2D eigenvalue weighted by molar-refractivity contribution is 7.92. The van der Waals surface area contributed by atoms with Crippen molar-refractivity contribution in [2.45, 2.75) is 57.6 Å². The summed E-state index contributed by atoms with van der Waals surface area (Å²) in [7, 11) is -2.63. The second-order valence-corrected chi connectivity index (χ2v) is 11.3. The molecule has 0 saturated heterocycles. The van der Waals surface area contributed by atoms with Crippen LogP contribution in [0.2, 0.25) is 0 Å². The van der Waals surface area contributed by atoms with Crippen molar-refractivity contribution in [3.8, 4) is 5.75 Å². The van der Waals surface area contributed by atoms with Crippen LogP contribution in [0, 0.1) is 6.92 Å². The zero-order valence-electron chi connectivity index (χ0n) is 23.1. The Kier molecular flexibility index (Phi) is 10.1. The molecule has 0 bridgehead atoms. The molecule has 1 N–H and O–H groups in total. The first-order valence-corrected chi connectivity index (χ1v) is 14.4. The second-order valence-electron chi connectivity index (χ2n) is 9.46. The molecule has 0 radical (unpaired) electrons. The topological polar surface area (TPSA) is 96.0 Å². The summed E-state index contributed by atoms with van der Waals surface area (Å²) in [6.07, 6.45) is 0.742. The first-order valence-electron chi connectivity index (χ1n) is 12.9. The summed E-state index contributed by atoms with van der Waals surface area (Å²) in [5.41, 5.74) is 2.18. The van der Waals surface area contributed by atoms with Crippen LogP contribution < -0.4 is 14.4 Å². The summed E-state index contributed by atoms with van der Waals surface area (Å²) < 4.78 is 33.9. The number of nitrogens with zero attached hydrogens (tertiary/aromatic N) is 2. The molecular weight excluding hydrogens is 514 g/mol. The summed E-state index contributed by atoms with van der Waals surface area (Å²) >= 11 is 0. The maximum Gasteiger partial charge on any atom is 0.264 e. The number of carbonyl (C=O) groups is 2. The van der Waals surface area contributed by atoms with Crippen LogP contribution >= 0.6 is 0 Å². The van der Waals surface area contributed by atoms with Crippen LogP contribution in [0.25, 0.3) is 0 Å². The quantitative estimate of drug-likeness (QED) is 0.357. The molecule has 208 valence electrons. The Hall–Kier alpha value is -3.85. The molecule has 9 heteroatoms. The van der Waals surface area contributed by atoms with E-state index in [0.29, 0.717) is 11.4 Å². The standard InChI is InChI=1S/C30H37N3O5S/c1-6-23(3)31-30(35)24(4)32(20-25-13-11-10-12-22(25)2)29(34)21-33(26-14-8-7-9-15-26)39(36,37)28-18-16-27(38-5)17-19-28/h7-19,23-24H,6,20-21H2,1-5H3,(H,31,35)/t23-,24+/m0/s1. The van der Waals surface area contributed by atoms with Gasteiger partial charge in [0.15, 0.2) is 0 Å². The number of amides is 2. The monoisotopic (exact) mass is 551 g/mol. The van der Waals surface area contributed by atoms with Crippen molar-refractivity contribution in [3.63, 3.8) is 0 Å². The van der Waals surface area contributed by atoms with Crippen LogP contribution in [0.15, 0.2) is 83.8 Å². The molecule has 0 aliphatic rings. The van der Waals surface area contributed by atoms with Gasteiger partial charge in [-0.1, -0.05) is 49.4 Å². The van der Waals surface area contributed by atoms with Gasteiger partial charge in [0.05, 0.1) is 17.7 Å². The summed E-state index contributed by atoms with van der Waals surface area (Å²) in [6.45, 7) is 7.15. The van der Waals surface area contributed by atoms with Gasteiger partial charge in [0.25, 0.3) is 10.0 Å². The van der Waals surface area contributed by atoms with Gasteiger partial charge in [0.2, 0.25) is 11.8 Å². The average Bonchev–Trinajstić information content (AvgIpc) is 2.95. The van der Waals surface area contributed by atoms with E-state index in [0.717, 1.165) is 21.9 Å². The van der Waals surface area contributed by atoms with Crippen molar-refractivity contribution >= 4 is 27.5 Å². The predicted octanol–water partition coefficient (Wildman–Crippen LogP) is 4.53. The van der Waals surface area contributed by atoms with E-state index in [4.69, 9.17) is 4.74 Å². The smallest absolute Gasteiger partial charge is 0.264 e. The molecule has 0 spiro atoms. The fourth-order valence-corrected chi connectivity index (χ4v) is 5.43. The van der Waals surface area contributed by atoms with E-state index in [2.05, 4.69) is 5.32 Å². The average molecular weight is 552 g/mol. The van der Waals surface area contributed by atoms with E-state index in [9.17, 15) is 18.0 Å². The SMILES string of the molecule is CC[C@H](C)NC(=O)[C@@H](C)N(Cc1ccccc1C)C(=O)CN(c1ccccc1)S(=O)(=O)c1ccc(OC)cc1. The Labute approximate surface area is 231 Å². The number of aryl methyl sites for hydroxylation is 1. The van der Waals surface area contributed by atoms with Gasteiger partial charge in [0, 0.05) is 12.6 Å². The molecule has 0 aliphatic heterocycles. The summed E-state index contributed by atoms with van der Waals surface area (Å²) in [5.74, 6) is -0.275. The number of nitrogens with one attached hydrogen (secondary N) is 1. The summed E-state index contributed by atoms with van der Waals surface area (Å²) in [6, 6.07) is 21.2. The molecule has 0 saturated carbocycles. The van der Waals surface area contributed by atoms with E-state index >= 15 is 0 Å². The molecule has 0 aliphatic carbocycles. The number of hydrogen-bond donors (Lipinski definition) is 1. The van der Waals surface area contributed by atoms with E-state index in [-0.39, 0.29) is 23.4 Å². The lowest BCUT2D eigenvalue weighted by Gasteiger charge is -2.32. The number of carbonyl (C=O) groups excluding carboxylic acids is 2. The van der Waals surface area contributed by atoms with Crippen molar-refractivity contribution in [3.05, 3.63) is 90.0 Å². The van der Waals surface area contributed by atoms with Crippen LogP contribution in [-0.2, 0) is 26.2 Å². The molecular formula is C30H37N3O5S. The molecule has 0 heterocycles. The highest BCUT2D eigenvalue weighted by Gasteiger charge is 2.33. The first-order chi connectivity index (χ1) is 18.6. The van der Waals surface area contributed by atoms with Crippen LogP contribution in [0.1, 0.15) is 38.3 Å². The summed E-state index contributed by atoms with van der Waals surface area (Å²) in [4.78, 5) is 28.5. The number of methoxy groups -OCH3 is 1. The van der Waals surface area contributed by atoms with Gasteiger partial charge in [0.1, 0.15) is 18.3 Å². The molecule has 2 atom stereocenters. The predicted molar refractivity (Wildman–Crippen MR) is 153 cm³/mol. The van der Waals surface area contributed by atoms with Gasteiger partial charge < -0.3 is 15.0 Å². The van der Waals surface area contributed by atoms with Crippen LogP contribution in [0.5, 0.6) is 5.75 Å². The Morgan fingerprint density at radius 2 is 1.54 bits per heavy atom. The maximum atomic E-state index is 13.9. The van der Waals surface area contributed by atoms with E-state index in [1.807, 2.05) is 45.0 Å². The van der Waals surface area contributed by atoms with E-state index in [1.54, 1.807) is 49.4 Å². The molecule has 0 unspecified atom stereocenters. The second kappa shape index (κ2) is 13.3. The third kappa shape index (κ3) is 7.38. The van der Waals surface area contributed by atoms with Crippen LogP contribution in [0.3, 0.4) is 0 Å². The Bertz CT molecular complexity index is 1360. The molecule has 0 aromatic heterocycles. The normalized spacial score (nSPS) is 12.7. The number of hydrogen-bond acceptors (Lipinski definition) is 5. The fraction of sp³-hybridized carbons (Fsp3) is 0.333. The van der Waals surface area contributed by atoms with E-state index < -0.39 is 28.5 Å². The lowest BCUT2D eigenvalue weighted by atomic mass is 10.1. The van der Waals surface area contributed by atoms with Crippen molar-refractivity contribution < 1.29 is 22.7 Å². The van der Waals surface area contributed by atoms with Crippen molar-refractivity contribution in [1.82, 2.24) is 10.2 Å². The van der Waals surface area contributed by atoms with Gasteiger partial charge in [-0.05, 0) is 74.7 Å². The van der Waals surface area contributed by atoms with Gasteiger partial charge in [-0.25, -0.2) is 8.42 Å². The fourth-order valence-electron chi connectivity index (χ4n) is 4.02. The lowest BCUT2D eigenvalue weighted by Crippen LogP contribution is -2.52. The molecule has 3 aromatic rings. The largest absolute Gasteiger partial charge is 0.497 e. The molecule has 3 rings (SSSR count). The molecule has 2 amide bonds. The molecule has 3 aromatic carbocycles. The van der Waals surface area contributed by atoms with Crippen molar-refractivity contribution in [2.75, 3.05) is 18.0 Å². The number of ether oxygens (including phenoxy) is 1. The molecule has 39 heavy (non-hydrogen) atoms. The number of para-hydroxylation sites is 1. The van der Waals surface area contributed by atoms with Gasteiger partial charge in [-0.2, -0.15) is 0 Å². The van der Waals surface area contributed by atoms with Gasteiger partial charge >= 0.3 is 0 Å². The van der Waals surface area contributed by atoms with E-state index in [1.165, 1.54) is 24.1 Å². The highest BCUT2D eigenvalue weighted by atomic mass is 32.2. The van der Waals surface area contributed by atoms with Crippen LogP contribution in [-0.4, -0.2) is 50.9 Å². The minimum atomic E-state index is -4.13. The zero-order chi connectivity index (χ0) is 28.6. The van der Waals surface area contributed by atoms with Crippen LogP contribution in [0.4, 0.5) is 5.69 Å². The minimum Gasteiger partial charge on any atom is -0.497 e. The maximum absolute atomic E-state index is 13.9.